The van der Waals surface area contributed by atoms with E-state index in [0.717, 1.165) is 35.8 Å². The van der Waals surface area contributed by atoms with Gasteiger partial charge in [0.25, 0.3) is 0 Å². The molecule has 7 nitrogen and oxygen atoms in total. The molecule has 5 fully saturated rings. The van der Waals surface area contributed by atoms with E-state index in [4.69, 9.17) is 24.0 Å². The van der Waals surface area contributed by atoms with E-state index < -0.39 is 17.5 Å². The van der Waals surface area contributed by atoms with Gasteiger partial charge in [-0.15, -0.1) is 0 Å². The quantitative estimate of drug-likeness (QED) is 0.470. The van der Waals surface area contributed by atoms with Gasteiger partial charge in [0, 0.05) is 9.89 Å². The van der Waals surface area contributed by atoms with Crippen molar-refractivity contribution in [2.75, 3.05) is 20.2 Å². The fourth-order valence-corrected chi connectivity index (χ4v) is 10.7. The molecule has 2 saturated heterocycles. The van der Waals surface area contributed by atoms with E-state index in [1.165, 1.54) is 16.8 Å². The zero-order valence-corrected chi connectivity index (χ0v) is 24.4. The van der Waals surface area contributed by atoms with Crippen molar-refractivity contribution in [2.24, 2.45) is 34.5 Å². The molecule has 4 aliphatic carbocycles. The smallest absolute Gasteiger partial charge is 0.226 e. The minimum absolute atomic E-state index is 0.114. The largest absolute Gasteiger partial charge is 0.393 e. The van der Waals surface area contributed by atoms with Crippen LogP contribution >= 0.6 is 15.9 Å². The highest BCUT2D eigenvalue weighted by molar-refractivity contribution is 9.10. The first-order valence-electron chi connectivity index (χ1n) is 14.4. The van der Waals surface area contributed by atoms with Crippen LogP contribution in [0.4, 0.5) is 0 Å². The number of fused-ring (bicyclic) bond motifs is 8. The highest BCUT2D eigenvalue weighted by Gasteiger charge is 2.77. The number of halogens is 1. The summed E-state index contributed by atoms with van der Waals surface area (Å²) in [5, 5.41) is 16.9. The molecule has 39 heavy (non-hydrogen) atoms. The summed E-state index contributed by atoms with van der Waals surface area (Å²) in [6.07, 6.45) is 8.62. The summed E-state index contributed by atoms with van der Waals surface area (Å²) in [5.41, 5.74) is 4.04. The second-order valence-electron chi connectivity index (χ2n) is 13.4. The molecule has 8 rings (SSSR count). The van der Waals surface area contributed by atoms with Crippen LogP contribution in [0.25, 0.3) is 11.8 Å². The Morgan fingerprint density at radius 2 is 1.90 bits per heavy atom. The molecule has 0 bridgehead atoms. The Bertz CT molecular complexity index is 1350. The fraction of sp³-hybridized carbons (Fsp3) is 0.645. The third kappa shape index (κ3) is 3.08. The van der Waals surface area contributed by atoms with Gasteiger partial charge in [0.15, 0.2) is 13.6 Å². The van der Waals surface area contributed by atoms with Gasteiger partial charge < -0.3 is 24.1 Å². The van der Waals surface area contributed by atoms with Crippen molar-refractivity contribution in [2.45, 2.75) is 70.4 Å². The maximum absolute atomic E-state index is 12.1. The van der Waals surface area contributed by atoms with E-state index in [-0.39, 0.29) is 30.3 Å². The molecule has 208 valence electrons. The average molecular weight is 598 g/mol. The van der Waals surface area contributed by atoms with Crippen LogP contribution < -0.4 is 0 Å². The number of allylic oxidation sites excluding steroid dienone is 1. The monoisotopic (exact) mass is 596 g/mol. The van der Waals surface area contributed by atoms with Gasteiger partial charge in [0.1, 0.15) is 12.2 Å². The first-order chi connectivity index (χ1) is 18.7. The van der Waals surface area contributed by atoms with E-state index >= 15 is 0 Å². The minimum Gasteiger partial charge on any atom is -0.393 e. The van der Waals surface area contributed by atoms with E-state index in [2.05, 4.69) is 71.7 Å². The molecule has 1 unspecified atom stereocenters. The maximum atomic E-state index is 12.1. The number of aliphatic hydroxyl groups excluding tert-OH is 1. The standard InChI is InChI=1S/C31H37BrN2O5/c1-18-10-22-23-8-9-30(31(39-17-37-30)15-36-16-38-31)29(23,3)13-26(35)27(22)28(2)12-19-14-33-34(25(19)11-24(18)28)21-6-4-20(32)5-7-21/h4-7,11,14,18,22-23,26-27,35H,8-10,12-13,15-17H2,1-3H3/t18-,22-,23-,26-,27+,28-,29-,30+,31?/m0/s1. The molecule has 6 aliphatic rings. The molecule has 2 aromatic rings. The predicted octanol–water partition coefficient (Wildman–Crippen LogP) is 5.48. The summed E-state index contributed by atoms with van der Waals surface area (Å²) in [4.78, 5) is 0. The molecule has 3 saturated carbocycles. The molecule has 1 N–H and O–H groups in total. The van der Waals surface area contributed by atoms with Gasteiger partial charge in [-0.25, -0.2) is 4.68 Å². The van der Waals surface area contributed by atoms with Crippen LogP contribution in [0.15, 0.2) is 40.5 Å². The summed E-state index contributed by atoms with van der Waals surface area (Å²) < 4.78 is 27.7. The SMILES string of the molecule is C[C@H]1C[C@@H]2[C@H]([C@@H](O)C[C@@]3(C)[C@H]2CC[C@@]32OCOC23COCO3)[C@@]2(C)Cc3cnn(-c4ccc(Br)cc4)c3C=C12. The van der Waals surface area contributed by atoms with Crippen molar-refractivity contribution < 1.29 is 24.1 Å². The van der Waals surface area contributed by atoms with Crippen molar-refractivity contribution in [1.29, 1.82) is 0 Å². The van der Waals surface area contributed by atoms with Gasteiger partial charge in [-0.3, -0.25) is 0 Å². The number of aromatic nitrogens is 2. The average Bonchev–Trinajstić information content (AvgIpc) is 3.67. The van der Waals surface area contributed by atoms with Crippen LogP contribution in [-0.4, -0.2) is 52.6 Å². The summed E-state index contributed by atoms with van der Waals surface area (Å²) in [5.74, 6) is 0.587. The van der Waals surface area contributed by atoms with E-state index in [0.29, 0.717) is 30.8 Å². The van der Waals surface area contributed by atoms with Gasteiger partial charge in [-0.1, -0.05) is 42.3 Å². The van der Waals surface area contributed by atoms with E-state index in [1.807, 2.05) is 6.20 Å². The molecule has 1 aromatic heterocycles. The highest BCUT2D eigenvalue weighted by Crippen LogP contribution is 2.72. The lowest BCUT2D eigenvalue weighted by atomic mass is 9.43. The Labute approximate surface area is 238 Å². The van der Waals surface area contributed by atoms with Gasteiger partial charge in [0.05, 0.1) is 23.7 Å². The Kier molecular flexibility index (Phi) is 5.34. The van der Waals surface area contributed by atoms with E-state index in [1.54, 1.807) is 0 Å². The zero-order valence-electron chi connectivity index (χ0n) is 22.9. The van der Waals surface area contributed by atoms with Gasteiger partial charge >= 0.3 is 0 Å². The fourth-order valence-electron chi connectivity index (χ4n) is 10.4. The van der Waals surface area contributed by atoms with Crippen molar-refractivity contribution >= 4 is 22.0 Å². The zero-order chi connectivity index (χ0) is 26.8. The van der Waals surface area contributed by atoms with Crippen LogP contribution in [0.2, 0.25) is 0 Å². The second-order valence-corrected chi connectivity index (χ2v) is 14.3. The van der Waals surface area contributed by atoms with Crippen LogP contribution in [0, 0.1) is 34.5 Å². The van der Waals surface area contributed by atoms with Crippen molar-refractivity contribution in [1.82, 2.24) is 9.78 Å². The Hall–Kier alpha value is -1.55. The lowest BCUT2D eigenvalue weighted by Crippen LogP contribution is -2.66. The molecule has 0 amide bonds. The number of rotatable bonds is 1. The minimum atomic E-state index is -0.861. The van der Waals surface area contributed by atoms with Crippen LogP contribution in [0.1, 0.15) is 57.7 Å². The third-order valence-corrected chi connectivity index (χ3v) is 12.3. The Balaban J connectivity index is 1.18. The third-order valence-electron chi connectivity index (χ3n) is 11.8. The second kappa shape index (κ2) is 8.26. The molecule has 1 aromatic carbocycles. The van der Waals surface area contributed by atoms with Gasteiger partial charge in [-0.2, -0.15) is 5.10 Å². The van der Waals surface area contributed by atoms with Gasteiger partial charge in [-0.05, 0) is 97.1 Å². The molecular weight excluding hydrogens is 560 g/mol. The summed E-state index contributed by atoms with van der Waals surface area (Å²) in [6.45, 7) is 7.99. The number of nitrogens with zero attached hydrogens (tertiary/aromatic N) is 2. The predicted molar refractivity (Wildman–Crippen MR) is 148 cm³/mol. The number of benzene rings is 1. The Morgan fingerprint density at radius 1 is 1.10 bits per heavy atom. The number of hydrogen-bond acceptors (Lipinski definition) is 6. The molecule has 2 aliphatic heterocycles. The molecule has 0 radical (unpaired) electrons. The molecule has 9 atom stereocenters. The maximum Gasteiger partial charge on any atom is 0.226 e. The van der Waals surface area contributed by atoms with Crippen LogP contribution in [0.3, 0.4) is 0 Å². The number of aliphatic hydroxyl groups is 1. The van der Waals surface area contributed by atoms with Crippen molar-refractivity contribution in [3.8, 4) is 5.69 Å². The Morgan fingerprint density at radius 3 is 2.67 bits per heavy atom. The van der Waals surface area contributed by atoms with Crippen LogP contribution in [0.5, 0.6) is 0 Å². The van der Waals surface area contributed by atoms with Crippen molar-refractivity contribution in [3.63, 3.8) is 0 Å². The normalized spacial score (nSPS) is 46.2. The number of ether oxygens (including phenoxy) is 4. The van der Waals surface area contributed by atoms with Crippen LogP contribution in [-0.2, 0) is 25.4 Å². The molecule has 8 heteroatoms. The molecular formula is C31H37BrN2O5. The first kappa shape index (κ1) is 25.2. The molecule has 3 heterocycles. The summed E-state index contributed by atoms with van der Waals surface area (Å²) >= 11 is 3.55. The highest BCUT2D eigenvalue weighted by atomic mass is 79.9. The van der Waals surface area contributed by atoms with E-state index in [9.17, 15) is 5.11 Å². The van der Waals surface area contributed by atoms with Gasteiger partial charge in [0.2, 0.25) is 5.79 Å². The number of hydrogen-bond donors (Lipinski definition) is 1. The van der Waals surface area contributed by atoms with Crippen molar-refractivity contribution in [3.05, 3.63) is 51.8 Å². The lowest BCUT2D eigenvalue weighted by molar-refractivity contribution is -0.258. The molecule has 2 spiro atoms. The topological polar surface area (TPSA) is 75.0 Å². The summed E-state index contributed by atoms with van der Waals surface area (Å²) in [6, 6.07) is 8.33. The lowest BCUT2D eigenvalue weighted by Gasteiger charge is -2.62. The summed E-state index contributed by atoms with van der Waals surface area (Å²) in [7, 11) is 0. The first-order valence-corrected chi connectivity index (χ1v) is 15.2.